The lowest BCUT2D eigenvalue weighted by atomic mass is 10.1. The molecule has 2 aromatic carbocycles. The maximum atomic E-state index is 13.5. The number of halogens is 1. The van der Waals surface area contributed by atoms with Crippen molar-refractivity contribution < 1.29 is 18.0 Å². The number of carbonyl (C=O) groups is 2. The van der Waals surface area contributed by atoms with Crippen molar-refractivity contribution >= 4 is 39.1 Å². The predicted molar refractivity (Wildman–Crippen MR) is 147 cm³/mol. The molecule has 2 aromatic rings. The zero-order chi connectivity index (χ0) is 26.9. The molecule has 1 N–H and O–H groups in total. The highest BCUT2D eigenvalue weighted by Crippen LogP contribution is 2.23. The maximum Gasteiger partial charge on any atom is 0.243 e. The average Bonchev–Trinajstić information content (AvgIpc) is 2.82. The van der Waals surface area contributed by atoms with Crippen LogP contribution in [0.5, 0.6) is 0 Å². The van der Waals surface area contributed by atoms with Crippen molar-refractivity contribution in [2.75, 3.05) is 17.1 Å². The summed E-state index contributed by atoms with van der Waals surface area (Å²) in [6.45, 7) is 8.09. The summed E-state index contributed by atoms with van der Waals surface area (Å²) in [7, 11) is -3.53. The Morgan fingerprint density at radius 2 is 1.67 bits per heavy atom. The zero-order valence-electron chi connectivity index (χ0n) is 21.8. The van der Waals surface area contributed by atoms with Crippen molar-refractivity contribution in [3.8, 4) is 0 Å². The third kappa shape index (κ3) is 8.52. The molecule has 198 valence electrons. The highest BCUT2D eigenvalue weighted by molar-refractivity contribution is 7.92. The van der Waals surface area contributed by atoms with Crippen molar-refractivity contribution in [1.29, 1.82) is 0 Å². The van der Waals surface area contributed by atoms with E-state index < -0.39 is 16.1 Å². The molecule has 0 aliphatic heterocycles. The molecule has 9 heteroatoms. The van der Waals surface area contributed by atoms with Crippen LogP contribution in [0.2, 0.25) is 5.02 Å². The molecule has 2 amide bonds. The summed E-state index contributed by atoms with van der Waals surface area (Å²) in [4.78, 5) is 28.1. The van der Waals surface area contributed by atoms with Gasteiger partial charge in [0, 0.05) is 30.6 Å². The molecular weight excluding hydrogens is 498 g/mol. The van der Waals surface area contributed by atoms with E-state index in [9.17, 15) is 18.0 Å². The first-order chi connectivity index (χ1) is 17.0. The monoisotopic (exact) mass is 535 g/mol. The number of hydrogen-bond donors (Lipinski definition) is 1. The van der Waals surface area contributed by atoms with Gasteiger partial charge in [-0.3, -0.25) is 13.9 Å². The summed E-state index contributed by atoms with van der Waals surface area (Å²) < 4.78 is 26.3. The first kappa shape index (κ1) is 29.6. The number of benzene rings is 2. The van der Waals surface area contributed by atoms with Crippen LogP contribution in [0.3, 0.4) is 0 Å². The Hall–Kier alpha value is -2.58. The molecule has 0 heterocycles. The fraction of sp³-hybridized carbons (Fsp3) is 0.481. The van der Waals surface area contributed by atoms with Crippen molar-refractivity contribution in [2.24, 2.45) is 0 Å². The van der Waals surface area contributed by atoms with Crippen LogP contribution >= 0.6 is 11.6 Å². The number of aryl methyl sites for hydroxylation is 1. The van der Waals surface area contributed by atoms with Crippen LogP contribution < -0.4 is 9.62 Å². The van der Waals surface area contributed by atoms with Gasteiger partial charge in [0.1, 0.15) is 6.04 Å². The van der Waals surface area contributed by atoms with Gasteiger partial charge in [0.2, 0.25) is 21.8 Å². The van der Waals surface area contributed by atoms with Crippen LogP contribution in [0.1, 0.15) is 57.6 Å². The van der Waals surface area contributed by atoms with Gasteiger partial charge in [-0.2, -0.15) is 0 Å². The largest absolute Gasteiger partial charge is 0.352 e. The minimum Gasteiger partial charge on any atom is -0.352 e. The average molecular weight is 536 g/mol. The molecule has 7 nitrogen and oxygen atoms in total. The van der Waals surface area contributed by atoms with Crippen molar-refractivity contribution in [1.82, 2.24) is 10.2 Å². The van der Waals surface area contributed by atoms with E-state index in [1.165, 1.54) is 10.6 Å². The zero-order valence-corrected chi connectivity index (χ0v) is 23.4. The molecule has 0 spiro atoms. The Morgan fingerprint density at radius 1 is 1.03 bits per heavy atom. The summed E-state index contributed by atoms with van der Waals surface area (Å²) in [5.41, 5.74) is 2.30. The topological polar surface area (TPSA) is 86.8 Å². The molecule has 0 bridgehead atoms. The predicted octanol–water partition coefficient (Wildman–Crippen LogP) is 4.92. The van der Waals surface area contributed by atoms with E-state index in [2.05, 4.69) is 5.32 Å². The minimum atomic E-state index is -3.53. The summed E-state index contributed by atoms with van der Waals surface area (Å²) in [6.07, 6.45) is 2.84. The Balaban J connectivity index is 2.23. The number of nitrogens with one attached hydrogen (secondary N) is 1. The number of sulfonamides is 1. The lowest BCUT2D eigenvalue weighted by Gasteiger charge is -2.32. The van der Waals surface area contributed by atoms with Crippen LogP contribution in [-0.4, -0.2) is 50.0 Å². The van der Waals surface area contributed by atoms with Gasteiger partial charge in [0.25, 0.3) is 0 Å². The summed E-state index contributed by atoms with van der Waals surface area (Å²) in [6, 6.07) is 13.8. The van der Waals surface area contributed by atoms with Gasteiger partial charge in [-0.15, -0.1) is 0 Å². The number of amides is 2. The fourth-order valence-corrected chi connectivity index (χ4v) is 5.12. The first-order valence-electron chi connectivity index (χ1n) is 12.4. The number of hydrogen-bond acceptors (Lipinski definition) is 4. The second-order valence-corrected chi connectivity index (χ2v) is 11.5. The molecule has 0 unspecified atom stereocenters. The minimum absolute atomic E-state index is 0.00327. The molecule has 0 aromatic heterocycles. The second-order valence-electron chi connectivity index (χ2n) is 9.12. The highest BCUT2D eigenvalue weighted by Gasteiger charge is 2.29. The molecule has 0 radical (unpaired) electrons. The molecule has 0 aliphatic carbocycles. The van der Waals surface area contributed by atoms with E-state index >= 15 is 0 Å². The van der Waals surface area contributed by atoms with Gasteiger partial charge in [-0.05, 0) is 62.4 Å². The Morgan fingerprint density at radius 3 is 2.22 bits per heavy atom. The molecule has 0 fully saturated rings. The van der Waals surface area contributed by atoms with Crippen LogP contribution in [0.25, 0.3) is 0 Å². The Bertz CT molecular complexity index is 1120. The summed E-state index contributed by atoms with van der Waals surface area (Å²) in [5.74, 6) is -0.388. The lowest BCUT2D eigenvalue weighted by Crippen LogP contribution is -2.50. The van der Waals surface area contributed by atoms with Crippen LogP contribution in [0.4, 0.5) is 5.69 Å². The Kier molecular flexibility index (Phi) is 11.2. The van der Waals surface area contributed by atoms with Gasteiger partial charge in [-0.25, -0.2) is 8.42 Å². The molecule has 0 saturated heterocycles. The molecule has 2 rings (SSSR count). The lowest BCUT2D eigenvalue weighted by molar-refractivity contribution is -0.141. The third-order valence-corrected chi connectivity index (χ3v) is 7.62. The molecule has 0 saturated carbocycles. The van der Waals surface area contributed by atoms with Gasteiger partial charge >= 0.3 is 0 Å². The van der Waals surface area contributed by atoms with Crippen LogP contribution in [0, 0.1) is 6.92 Å². The van der Waals surface area contributed by atoms with E-state index in [0.717, 1.165) is 17.5 Å². The van der Waals surface area contributed by atoms with E-state index in [4.69, 9.17) is 11.6 Å². The van der Waals surface area contributed by atoms with E-state index in [1.807, 2.05) is 52.0 Å². The standard InChI is InChI=1S/C27H38ClN3O4S/c1-6-21(4)29-27(33)24(7-2)30(19-22-14-16-23(28)17-15-22)26(32)13-10-18-31(36(5,34)35)25-12-9-8-11-20(25)3/h8-9,11-12,14-17,21,24H,6-7,10,13,18-19H2,1-5H3,(H,29,33)/t21-,24-/m1/s1. The van der Waals surface area contributed by atoms with Gasteiger partial charge in [0.05, 0.1) is 11.9 Å². The highest BCUT2D eigenvalue weighted by atomic mass is 35.5. The SMILES string of the molecule is CC[C@@H](C)NC(=O)[C@@H](CC)N(Cc1ccc(Cl)cc1)C(=O)CCCN(c1ccccc1C)S(C)(=O)=O. The van der Waals surface area contributed by atoms with Crippen molar-refractivity contribution in [3.63, 3.8) is 0 Å². The molecular formula is C27H38ClN3O4S. The van der Waals surface area contributed by atoms with E-state index in [-0.39, 0.29) is 37.4 Å². The molecule has 2 atom stereocenters. The number of nitrogens with zero attached hydrogens (tertiary/aromatic N) is 2. The van der Waals surface area contributed by atoms with Crippen molar-refractivity contribution in [3.05, 3.63) is 64.7 Å². The molecule has 0 aliphatic rings. The normalized spacial score (nSPS) is 13.1. The smallest absolute Gasteiger partial charge is 0.243 e. The van der Waals surface area contributed by atoms with Gasteiger partial charge in [0.15, 0.2) is 0 Å². The summed E-state index contributed by atoms with van der Waals surface area (Å²) in [5, 5.41) is 3.58. The van der Waals surface area contributed by atoms with Gasteiger partial charge in [-0.1, -0.05) is 55.8 Å². The van der Waals surface area contributed by atoms with Gasteiger partial charge < -0.3 is 10.2 Å². The quantitative estimate of drug-likeness (QED) is 0.394. The number of para-hydroxylation sites is 1. The number of anilines is 1. The van der Waals surface area contributed by atoms with Crippen LogP contribution in [-0.2, 0) is 26.2 Å². The Labute approximate surface area is 220 Å². The maximum absolute atomic E-state index is 13.5. The number of carbonyl (C=O) groups excluding carboxylic acids is 2. The first-order valence-corrected chi connectivity index (χ1v) is 14.6. The second kappa shape index (κ2) is 13.7. The van der Waals surface area contributed by atoms with Crippen LogP contribution in [0.15, 0.2) is 48.5 Å². The van der Waals surface area contributed by atoms with E-state index in [1.54, 1.807) is 29.2 Å². The summed E-state index contributed by atoms with van der Waals surface area (Å²) >= 11 is 6.02. The third-order valence-electron chi connectivity index (χ3n) is 6.19. The number of rotatable bonds is 13. The fourth-order valence-electron chi connectivity index (χ4n) is 3.97. The van der Waals surface area contributed by atoms with E-state index in [0.29, 0.717) is 23.6 Å². The van der Waals surface area contributed by atoms with Crippen molar-refractivity contribution in [2.45, 2.75) is 72.0 Å². The molecule has 36 heavy (non-hydrogen) atoms.